The monoisotopic (exact) mass is 304 g/mol. The van der Waals surface area contributed by atoms with Crippen LogP contribution in [0.3, 0.4) is 0 Å². The molecule has 118 valence electrons. The molecule has 0 aliphatic heterocycles. The Balaban J connectivity index is 2.76. The van der Waals surface area contributed by atoms with Crippen LogP contribution < -0.4 is 5.32 Å². The SMILES string of the molecule is CCN(CC(=O)Nc1ccc(C)cc1[N+](=O)[O-])CC(C)C#N. The number of nitrogens with zero attached hydrogens (tertiary/aromatic N) is 3. The van der Waals surface area contributed by atoms with Gasteiger partial charge in [0, 0.05) is 12.6 Å². The minimum Gasteiger partial charge on any atom is -0.319 e. The number of anilines is 1. The highest BCUT2D eigenvalue weighted by atomic mass is 16.6. The third kappa shape index (κ3) is 5.14. The molecule has 0 fully saturated rings. The van der Waals surface area contributed by atoms with E-state index < -0.39 is 4.92 Å². The average Bonchev–Trinajstić information content (AvgIpc) is 2.47. The average molecular weight is 304 g/mol. The van der Waals surface area contributed by atoms with Gasteiger partial charge in [0.05, 0.1) is 23.5 Å². The fraction of sp³-hybridized carbons (Fsp3) is 0.467. The molecule has 0 spiro atoms. The first kappa shape index (κ1) is 17.6. The summed E-state index contributed by atoms with van der Waals surface area (Å²) in [4.78, 5) is 24.4. The van der Waals surface area contributed by atoms with Gasteiger partial charge in [0.15, 0.2) is 0 Å². The number of hydrogen-bond acceptors (Lipinski definition) is 5. The number of nitro groups is 1. The third-order valence-corrected chi connectivity index (χ3v) is 3.19. The van der Waals surface area contributed by atoms with Crippen molar-refractivity contribution in [2.24, 2.45) is 5.92 Å². The molecule has 1 N–H and O–H groups in total. The van der Waals surface area contributed by atoms with E-state index in [0.717, 1.165) is 5.56 Å². The molecule has 0 bridgehead atoms. The molecule has 22 heavy (non-hydrogen) atoms. The van der Waals surface area contributed by atoms with E-state index in [1.807, 2.05) is 11.8 Å². The van der Waals surface area contributed by atoms with Gasteiger partial charge in [-0.3, -0.25) is 19.8 Å². The molecule has 0 heterocycles. The summed E-state index contributed by atoms with van der Waals surface area (Å²) in [5.74, 6) is -0.514. The molecule has 1 rings (SSSR count). The molecule has 0 saturated heterocycles. The Labute approximate surface area is 129 Å². The highest BCUT2D eigenvalue weighted by Gasteiger charge is 2.18. The lowest BCUT2D eigenvalue weighted by Crippen LogP contribution is -2.35. The van der Waals surface area contributed by atoms with Crippen LogP contribution in [-0.4, -0.2) is 35.4 Å². The number of hydrogen-bond donors (Lipinski definition) is 1. The number of amides is 1. The van der Waals surface area contributed by atoms with Gasteiger partial charge in [-0.2, -0.15) is 5.26 Å². The van der Waals surface area contributed by atoms with Crippen LogP contribution in [0.1, 0.15) is 19.4 Å². The Morgan fingerprint density at radius 3 is 2.77 bits per heavy atom. The zero-order chi connectivity index (χ0) is 16.7. The van der Waals surface area contributed by atoms with Gasteiger partial charge in [0.1, 0.15) is 5.69 Å². The minimum atomic E-state index is -0.516. The van der Waals surface area contributed by atoms with E-state index in [-0.39, 0.29) is 29.7 Å². The highest BCUT2D eigenvalue weighted by Crippen LogP contribution is 2.25. The molecule has 0 aromatic heterocycles. The summed E-state index contributed by atoms with van der Waals surface area (Å²) in [7, 11) is 0. The molecule has 1 aromatic rings. The van der Waals surface area contributed by atoms with Crippen molar-refractivity contribution in [2.45, 2.75) is 20.8 Å². The van der Waals surface area contributed by atoms with Crippen LogP contribution in [0.5, 0.6) is 0 Å². The number of carbonyl (C=O) groups excluding carboxylic acids is 1. The molecule has 0 aliphatic carbocycles. The van der Waals surface area contributed by atoms with Crippen molar-refractivity contribution in [3.63, 3.8) is 0 Å². The number of benzene rings is 1. The topological polar surface area (TPSA) is 99.3 Å². The second-order valence-electron chi connectivity index (χ2n) is 5.18. The molecule has 1 atom stereocenters. The Kier molecular flexibility index (Phi) is 6.47. The minimum absolute atomic E-state index is 0.0908. The fourth-order valence-electron chi connectivity index (χ4n) is 2.02. The van der Waals surface area contributed by atoms with Crippen LogP contribution in [0.15, 0.2) is 18.2 Å². The van der Waals surface area contributed by atoms with Gasteiger partial charge in [-0.1, -0.05) is 13.0 Å². The van der Waals surface area contributed by atoms with Crippen molar-refractivity contribution in [2.75, 3.05) is 25.0 Å². The van der Waals surface area contributed by atoms with Gasteiger partial charge in [0.25, 0.3) is 5.69 Å². The van der Waals surface area contributed by atoms with Crippen LogP contribution in [-0.2, 0) is 4.79 Å². The number of nitriles is 1. The predicted octanol–water partition coefficient (Wildman–Crippen LogP) is 2.32. The first-order chi connectivity index (χ1) is 10.4. The molecule has 0 saturated carbocycles. The van der Waals surface area contributed by atoms with E-state index in [2.05, 4.69) is 11.4 Å². The van der Waals surface area contributed by atoms with E-state index in [4.69, 9.17) is 5.26 Å². The lowest BCUT2D eigenvalue weighted by molar-refractivity contribution is -0.384. The van der Waals surface area contributed by atoms with E-state index >= 15 is 0 Å². The smallest absolute Gasteiger partial charge is 0.293 e. The summed E-state index contributed by atoms with van der Waals surface area (Å²) < 4.78 is 0. The van der Waals surface area contributed by atoms with Crippen LogP contribution in [0, 0.1) is 34.3 Å². The quantitative estimate of drug-likeness (QED) is 0.615. The maximum atomic E-state index is 12.1. The largest absolute Gasteiger partial charge is 0.319 e. The van der Waals surface area contributed by atoms with Gasteiger partial charge >= 0.3 is 0 Å². The lowest BCUT2D eigenvalue weighted by Gasteiger charge is -2.20. The van der Waals surface area contributed by atoms with Crippen LogP contribution in [0.4, 0.5) is 11.4 Å². The van der Waals surface area contributed by atoms with Crippen molar-refractivity contribution in [3.05, 3.63) is 33.9 Å². The maximum Gasteiger partial charge on any atom is 0.293 e. The Morgan fingerprint density at radius 2 is 2.23 bits per heavy atom. The third-order valence-electron chi connectivity index (χ3n) is 3.19. The molecule has 1 aromatic carbocycles. The van der Waals surface area contributed by atoms with Gasteiger partial charge < -0.3 is 5.32 Å². The van der Waals surface area contributed by atoms with Crippen LogP contribution >= 0.6 is 0 Å². The van der Waals surface area contributed by atoms with Crippen molar-refractivity contribution >= 4 is 17.3 Å². The molecule has 7 heteroatoms. The number of likely N-dealkylation sites (N-methyl/N-ethyl adjacent to an activating group) is 1. The molecule has 0 radical (unpaired) electrons. The number of nitrogens with one attached hydrogen (secondary N) is 1. The molecule has 1 amide bonds. The second-order valence-corrected chi connectivity index (χ2v) is 5.18. The Hall–Kier alpha value is -2.46. The predicted molar refractivity (Wildman–Crippen MR) is 83.4 cm³/mol. The standard InChI is InChI=1S/C15H20N4O3/c1-4-18(9-12(3)8-16)10-15(20)17-13-6-5-11(2)7-14(13)19(21)22/h5-7,12H,4,9-10H2,1-3H3,(H,17,20). The van der Waals surface area contributed by atoms with E-state index in [1.54, 1.807) is 19.9 Å². The summed E-state index contributed by atoms with van der Waals surface area (Å²) >= 11 is 0. The summed E-state index contributed by atoms with van der Waals surface area (Å²) in [6, 6.07) is 6.78. The van der Waals surface area contributed by atoms with Crippen LogP contribution in [0.2, 0.25) is 0 Å². The summed E-state index contributed by atoms with van der Waals surface area (Å²) in [5.41, 5.74) is 0.814. The first-order valence-corrected chi connectivity index (χ1v) is 7.04. The second kappa shape index (κ2) is 8.10. The zero-order valence-corrected chi connectivity index (χ0v) is 13.0. The summed E-state index contributed by atoms with van der Waals surface area (Å²) in [6.07, 6.45) is 0. The lowest BCUT2D eigenvalue weighted by atomic mass is 10.2. The van der Waals surface area contributed by atoms with E-state index in [9.17, 15) is 14.9 Å². The summed E-state index contributed by atoms with van der Waals surface area (Å²) in [6.45, 7) is 6.62. The number of rotatable bonds is 7. The van der Waals surface area contributed by atoms with Crippen LogP contribution in [0.25, 0.3) is 0 Å². The van der Waals surface area contributed by atoms with Crippen molar-refractivity contribution in [3.8, 4) is 6.07 Å². The Bertz CT molecular complexity index is 595. The molecular weight excluding hydrogens is 284 g/mol. The van der Waals surface area contributed by atoms with Gasteiger partial charge in [-0.25, -0.2) is 0 Å². The van der Waals surface area contributed by atoms with E-state index in [0.29, 0.717) is 13.1 Å². The van der Waals surface area contributed by atoms with Crippen molar-refractivity contribution in [1.29, 1.82) is 5.26 Å². The molecule has 1 unspecified atom stereocenters. The van der Waals surface area contributed by atoms with Gasteiger partial charge in [-0.05, 0) is 32.0 Å². The first-order valence-electron chi connectivity index (χ1n) is 7.04. The molecular formula is C15H20N4O3. The number of carbonyl (C=O) groups is 1. The summed E-state index contributed by atoms with van der Waals surface area (Å²) in [5, 5.41) is 22.4. The molecule has 7 nitrogen and oxygen atoms in total. The maximum absolute atomic E-state index is 12.1. The van der Waals surface area contributed by atoms with Gasteiger partial charge in [0.2, 0.25) is 5.91 Å². The number of nitro benzene ring substituents is 1. The number of aryl methyl sites for hydroxylation is 1. The van der Waals surface area contributed by atoms with Gasteiger partial charge in [-0.15, -0.1) is 0 Å². The normalized spacial score (nSPS) is 11.8. The molecule has 0 aliphatic rings. The Morgan fingerprint density at radius 1 is 1.55 bits per heavy atom. The van der Waals surface area contributed by atoms with Crippen molar-refractivity contribution in [1.82, 2.24) is 4.90 Å². The fourth-order valence-corrected chi connectivity index (χ4v) is 2.02. The highest BCUT2D eigenvalue weighted by molar-refractivity contribution is 5.94. The zero-order valence-electron chi connectivity index (χ0n) is 13.0. The van der Waals surface area contributed by atoms with E-state index in [1.165, 1.54) is 12.1 Å². The van der Waals surface area contributed by atoms with Crippen molar-refractivity contribution < 1.29 is 9.72 Å².